The maximum atomic E-state index is 14.4. The van der Waals surface area contributed by atoms with Crippen molar-refractivity contribution < 1.29 is 45.7 Å². The molecule has 258 valence electrons. The average Bonchev–Trinajstić information content (AvgIpc) is 3.35. The summed E-state index contributed by atoms with van der Waals surface area (Å²) in [6.07, 6.45) is -2.17. The lowest BCUT2D eigenvalue weighted by Crippen LogP contribution is -2.25. The number of hydrogen-bond acceptors (Lipinski definition) is 7. The molecule has 0 amide bonds. The van der Waals surface area contributed by atoms with E-state index in [-0.39, 0.29) is 41.3 Å². The predicted molar refractivity (Wildman–Crippen MR) is 176 cm³/mol. The number of carboxylic acids is 1. The van der Waals surface area contributed by atoms with Crippen LogP contribution in [0.5, 0.6) is 0 Å². The number of aromatic nitrogens is 1. The minimum Gasteiger partial charge on any atom is -0.481 e. The Morgan fingerprint density at radius 1 is 0.833 bits per heavy atom. The molecule has 2 atom stereocenters. The van der Waals surface area contributed by atoms with Gasteiger partial charge in [-0.15, -0.1) is 0 Å². The second-order valence-corrected chi connectivity index (χ2v) is 15.6. The molecule has 0 spiro atoms. The molecule has 0 saturated carbocycles. The second-order valence-electron chi connectivity index (χ2n) is 11.9. The van der Waals surface area contributed by atoms with E-state index in [1.165, 1.54) is 72.8 Å². The van der Waals surface area contributed by atoms with Gasteiger partial charge in [0.1, 0.15) is 16.5 Å². The minimum absolute atomic E-state index is 0.00172. The van der Waals surface area contributed by atoms with Gasteiger partial charge in [-0.05, 0) is 84.0 Å². The van der Waals surface area contributed by atoms with Crippen molar-refractivity contribution in [3.63, 3.8) is 0 Å². The number of carboxylic acid groups (broad SMARTS) is 1. The van der Waals surface area contributed by atoms with E-state index in [1.807, 2.05) is 0 Å². The Morgan fingerprint density at radius 2 is 1.38 bits per heavy atom. The van der Waals surface area contributed by atoms with Crippen molar-refractivity contribution in [2.24, 2.45) is 0 Å². The number of carbonyl (C=O) groups is 1. The molecular formula is C34H38F2N2O8S2. The predicted octanol–water partition coefficient (Wildman–Crippen LogP) is 5.08. The zero-order chi connectivity index (χ0) is 35.4. The van der Waals surface area contributed by atoms with Crippen molar-refractivity contribution in [2.45, 2.75) is 74.1 Å². The molecule has 10 nitrogen and oxygen atoms in total. The fourth-order valence-electron chi connectivity index (χ4n) is 5.58. The van der Waals surface area contributed by atoms with Gasteiger partial charge in [-0.3, -0.25) is 4.79 Å². The van der Waals surface area contributed by atoms with Gasteiger partial charge in [0.2, 0.25) is 10.0 Å². The molecule has 0 saturated heterocycles. The number of benzene rings is 3. The number of sulfone groups is 1. The Balaban J connectivity index is 1.90. The molecule has 1 heterocycles. The van der Waals surface area contributed by atoms with Crippen molar-refractivity contribution in [1.29, 1.82) is 0 Å². The summed E-state index contributed by atoms with van der Waals surface area (Å²) < 4.78 is 85.1. The summed E-state index contributed by atoms with van der Waals surface area (Å²) in [4.78, 5) is 11.0. The first-order chi connectivity index (χ1) is 22.5. The van der Waals surface area contributed by atoms with E-state index in [1.54, 1.807) is 18.4 Å². The van der Waals surface area contributed by atoms with Crippen molar-refractivity contribution in [1.82, 2.24) is 9.29 Å². The molecule has 1 aromatic heterocycles. The Bertz CT molecular complexity index is 1960. The van der Waals surface area contributed by atoms with Crippen LogP contribution < -0.4 is 4.72 Å². The van der Waals surface area contributed by atoms with Crippen LogP contribution in [0, 0.1) is 11.6 Å². The molecular weight excluding hydrogens is 667 g/mol. The first-order valence-corrected chi connectivity index (χ1v) is 18.5. The van der Waals surface area contributed by atoms with Gasteiger partial charge in [0.25, 0.3) is 0 Å². The number of aliphatic hydroxyl groups is 2. The number of nitrogens with one attached hydrogen (secondary N) is 1. The summed E-state index contributed by atoms with van der Waals surface area (Å²) in [6, 6.07) is 16.4. The summed E-state index contributed by atoms with van der Waals surface area (Å²) in [5.41, 5.74) is 2.20. The van der Waals surface area contributed by atoms with Gasteiger partial charge in [-0.2, -0.15) is 0 Å². The summed E-state index contributed by atoms with van der Waals surface area (Å²) in [6.45, 7) is 3.40. The lowest BCUT2D eigenvalue weighted by molar-refractivity contribution is -0.139. The van der Waals surface area contributed by atoms with E-state index < -0.39 is 62.0 Å². The lowest BCUT2D eigenvalue weighted by atomic mass is 10.00. The fraction of sp³-hybridized carbons (Fsp3) is 0.324. The van der Waals surface area contributed by atoms with E-state index in [9.17, 15) is 40.6 Å². The van der Waals surface area contributed by atoms with Gasteiger partial charge in [-0.1, -0.05) is 38.1 Å². The van der Waals surface area contributed by atoms with Crippen LogP contribution >= 0.6 is 0 Å². The molecule has 48 heavy (non-hydrogen) atoms. The van der Waals surface area contributed by atoms with Crippen molar-refractivity contribution in [2.75, 3.05) is 6.26 Å². The largest absolute Gasteiger partial charge is 0.481 e. The molecule has 0 bridgehead atoms. The standard InChI is InChI=1S/C34H38F2N2O8S2/c1-21(2)32-34(48(45,46)37-20-22-4-14-29(15-5-22)47(3,43)44)31(23-6-10-25(35)11-7-23)33(24-8-12-26(36)13-9-24)38(32)17-16-27(39)18-28(40)19-30(41)42/h4-15,21,27-28,37,39-40H,16-20H2,1-3H3,(H,41,42)/t27-,28?/m1/s1. The molecule has 14 heteroatoms. The number of rotatable bonds is 15. The molecule has 0 aliphatic carbocycles. The molecule has 0 radical (unpaired) electrons. The second kappa shape index (κ2) is 15.1. The maximum absolute atomic E-state index is 14.4. The van der Waals surface area contributed by atoms with E-state index in [0.29, 0.717) is 28.1 Å². The number of sulfonamides is 1. The number of halogens is 2. The first-order valence-electron chi connectivity index (χ1n) is 15.1. The lowest BCUT2D eigenvalue weighted by Gasteiger charge is -2.20. The summed E-state index contributed by atoms with van der Waals surface area (Å²) in [7, 11) is -7.84. The van der Waals surface area contributed by atoms with Gasteiger partial charge < -0.3 is 19.9 Å². The number of aliphatic hydroxyl groups excluding tert-OH is 2. The molecule has 0 fully saturated rings. The third kappa shape index (κ3) is 8.94. The molecule has 3 aromatic carbocycles. The highest BCUT2D eigenvalue weighted by Crippen LogP contribution is 2.44. The van der Waals surface area contributed by atoms with E-state index in [0.717, 1.165) is 6.26 Å². The summed E-state index contributed by atoms with van der Waals surface area (Å²) in [5, 5.41) is 29.8. The van der Waals surface area contributed by atoms with Gasteiger partial charge in [-0.25, -0.2) is 30.3 Å². The van der Waals surface area contributed by atoms with Crippen molar-refractivity contribution >= 4 is 25.8 Å². The third-order valence-electron chi connectivity index (χ3n) is 7.78. The summed E-state index contributed by atoms with van der Waals surface area (Å²) in [5.74, 6) is -2.73. The van der Waals surface area contributed by atoms with Gasteiger partial charge in [0, 0.05) is 30.6 Å². The van der Waals surface area contributed by atoms with Crippen LogP contribution in [0.1, 0.15) is 50.3 Å². The van der Waals surface area contributed by atoms with E-state index >= 15 is 0 Å². The third-order valence-corrected chi connectivity index (χ3v) is 10.4. The van der Waals surface area contributed by atoms with Crippen molar-refractivity contribution in [3.8, 4) is 22.4 Å². The number of aliphatic carboxylic acids is 1. The monoisotopic (exact) mass is 704 g/mol. The molecule has 0 aliphatic heterocycles. The zero-order valence-electron chi connectivity index (χ0n) is 26.6. The molecule has 4 N–H and O–H groups in total. The fourth-order valence-corrected chi connectivity index (χ4v) is 7.82. The van der Waals surface area contributed by atoms with Crippen LogP contribution in [0.25, 0.3) is 22.4 Å². The Labute approximate surface area is 278 Å². The first kappa shape index (κ1) is 36.9. The van der Waals surface area contributed by atoms with Crippen LogP contribution in [0.2, 0.25) is 0 Å². The molecule has 4 aromatic rings. The van der Waals surface area contributed by atoms with Crippen LogP contribution in [-0.2, 0) is 37.7 Å². The van der Waals surface area contributed by atoms with Crippen LogP contribution in [0.4, 0.5) is 8.78 Å². The SMILES string of the molecule is CC(C)c1c(S(=O)(=O)NCc2ccc(S(C)(=O)=O)cc2)c(-c2ccc(F)cc2)c(-c2ccc(F)cc2)n1CC[C@@H](O)CC(O)CC(=O)O. The number of hydrogen-bond donors (Lipinski definition) is 4. The zero-order valence-corrected chi connectivity index (χ0v) is 28.2. The Kier molecular flexibility index (Phi) is 11.6. The Morgan fingerprint density at radius 3 is 1.88 bits per heavy atom. The molecule has 0 aliphatic rings. The highest BCUT2D eigenvalue weighted by atomic mass is 32.2. The molecule has 4 rings (SSSR count). The van der Waals surface area contributed by atoms with Gasteiger partial charge in [0.05, 0.1) is 29.2 Å². The quantitative estimate of drug-likeness (QED) is 0.133. The van der Waals surface area contributed by atoms with E-state index in [2.05, 4.69) is 4.72 Å². The van der Waals surface area contributed by atoms with Crippen LogP contribution in [0.3, 0.4) is 0 Å². The van der Waals surface area contributed by atoms with Gasteiger partial charge >= 0.3 is 5.97 Å². The van der Waals surface area contributed by atoms with Crippen LogP contribution in [0.15, 0.2) is 82.6 Å². The highest BCUT2D eigenvalue weighted by Gasteiger charge is 2.34. The number of nitrogens with zero attached hydrogens (tertiary/aromatic N) is 1. The van der Waals surface area contributed by atoms with Gasteiger partial charge in [0.15, 0.2) is 9.84 Å². The Hall–Kier alpha value is -3.95. The molecule has 1 unspecified atom stereocenters. The smallest absolute Gasteiger partial charge is 0.305 e. The van der Waals surface area contributed by atoms with E-state index in [4.69, 9.17) is 5.11 Å². The normalized spacial score (nSPS) is 13.5. The van der Waals surface area contributed by atoms with Crippen molar-refractivity contribution in [3.05, 3.63) is 95.7 Å². The highest BCUT2D eigenvalue weighted by molar-refractivity contribution is 7.90. The minimum atomic E-state index is -4.38. The summed E-state index contributed by atoms with van der Waals surface area (Å²) >= 11 is 0. The average molecular weight is 705 g/mol. The van der Waals surface area contributed by atoms with Crippen LogP contribution in [-0.4, -0.2) is 61.2 Å². The maximum Gasteiger partial charge on any atom is 0.305 e. The topological polar surface area (TPSA) is 163 Å².